The Morgan fingerprint density at radius 1 is 1.02 bits per heavy atom. The molecule has 3 aliphatic heterocycles. The fraction of sp³-hybridized carbons (Fsp3) is 0.450. The molecule has 13 nitrogen and oxygen atoms in total. The van der Waals surface area contributed by atoms with Gasteiger partial charge in [-0.1, -0.05) is 12.1 Å². The Morgan fingerprint density at radius 3 is 2.54 bits per heavy atom. The molecule has 7 rings (SSSR count). The van der Waals surface area contributed by atoms with E-state index in [0.29, 0.717) is 86.1 Å². The van der Waals surface area contributed by atoms with Crippen molar-refractivity contribution in [3.05, 3.63) is 81.5 Å². The van der Waals surface area contributed by atoms with Gasteiger partial charge in [-0.15, -0.1) is 13.2 Å². The second-order valence-corrected chi connectivity index (χ2v) is 14.7. The van der Waals surface area contributed by atoms with E-state index in [-0.39, 0.29) is 48.7 Å². The lowest BCUT2D eigenvalue weighted by Gasteiger charge is -2.32. The first-order chi connectivity index (χ1) is 26.8. The summed E-state index contributed by atoms with van der Waals surface area (Å²) in [6.07, 6.45) is 0.382. The highest BCUT2D eigenvalue weighted by atomic mass is 19.4. The van der Waals surface area contributed by atoms with Crippen LogP contribution in [-0.2, 0) is 39.3 Å². The molecular formula is C40H44F3N7O6. The number of hydrogen-bond donors (Lipinski definition) is 2. The number of fused-ring (bicyclic) bond motifs is 2. The highest BCUT2D eigenvalue weighted by Gasteiger charge is 2.40. The lowest BCUT2D eigenvalue weighted by molar-refractivity contribution is -0.325. The van der Waals surface area contributed by atoms with Crippen molar-refractivity contribution in [2.45, 2.75) is 83.3 Å². The molecule has 0 spiro atoms. The number of benzene rings is 2. The van der Waals surface area contributed by atoms with Gasteiger partial charge in [-0.25, -0.2) is 4.98 Å². The maximum absolute atomic E-state index is 13.2. The molecule has 56 heavy (non-hydrogen) atoms. The number of nitrogens with zero attached hydrogens (tertiary/aromatic N) is 5. The van der Waals surface area contributed by atoms with Crippen LogP contribution in [0.15, 0.2) is 53.5 Å². The predicted octanol–water partition coefficient (Wildman–Crippen LogP) is 5.00. The van der Waals surface area contributed by atoms with Crippen molar-refractivity contribution in [1.29, 1.82) is 0 Å². The summed E-state index contributed by atoms with van der Waals surface area (Å²) in [5.41, 5.74) is 5.51. The number of anilines is 1. The number of imide groups is 1. The highest BCUT2D eigenvalue weighted by molar-refractivity contribution is 6.06. The van der Waals surface area contributed by atoms with Crippen molar-refractivity contribution in [1.82, 2.24) is 29.2 Å². The molecule has 2 aromatic heterocycles. The number of imidazole rings is 1. The number of aryl methyl sites for hydroxylation is 2. The molecule has 1 atom stereocenters. The number of rotatable bonds is 12. The normalized spacial score (nSPS) is 17.8. The van der Waals surface area contributed by atoms with Crippen LogP contribution in [-0.4, -0.2) is 86.2 Å². The third-order valence-electron chi connectivity index (χ3n) is 11.0. The smallest absolute Gasteiger partial charge is 0.385 e. The number of unbranched alkanes of at least 4 members (excludes halogenated alkanes) is 1. The topological polar surface area (TPSA) is 148 Å². The van der Waals surface area contributed by atoms with Gasteiger partial charge in [0.2, 0.25) is 17.7 Å². The van der Waals surface area contributed by atoms with Crippen molar-refractivity contribution in [3.8, 4) is 11.1 Å². The van der Waals surface area contributed by atoms with E-state index in [1.807, 2.05) is 29.2 Å². The molecule has 4 amide bonds. The van der Waals surface area contributed by atoms with Gasteiger partial charge >= 0.3 is 6.36 Å². The van der Waals surface area contributed by atoms with Crippen LogP contribution in [0.25, 0.3) is 22.2 Å². The van der Waals surface area contributed by atoms with Crippen molar-refractivity contribution in [2.24, 2.45) is 7.05 Å². The molecule has 2 fully saturated rings. The second kappa shape index (κ2) is 15.9. The Bertz CT molecular complexity index is 2210. The molecule has 1 unspecified atom stereocenters. The van der Waals surface area contributed by atoms with Gasteiger partial charge in [-0.05, 0) is 80.5 Å². The van der Waals surface area contributed by atoms with Crippen molar-refractivity contribution < 1.29 is 37.1 Å². The third-order valence-corrected chi connectivity index (χ3v) is 11.0. The van der Waals surface area contributed by atoms with E-state index in [1.54, 1.807) is 42.9 Å². The van der Waals surface area contributed by atoms with Crippen LogP contribution in [0.2, 0.25) is 0 Å². The number of piperidine rings is 2. The van der Waals surface area contributed by atoms with E-state index >= 15 is 0 Å². The molecule has 2 saturated heterocycles. The molecular weight excluding hydrogens is 731 g/mol. The minimum Gasteiger partial charge on any atom is -0.385 e. The molecule has 0 saturated carbocycles. The van der Waals surface area contributed by atoms with E-state index in [0.717, 1.165) is 22.4 Å². The van der Waals surface area contributed by atoms with E-state index < -0.39 is 24.9 Å². The largest absolute Gasteiger partial charge is 0.522 e. The van der Waals surface area contributed by atoms with Gasteiger partial charge in [0.25, 0.3) is 11.5 Å². The van der Waals surface area contributed by atoms with Crippen LogP contribution in [0.3, 0.4) is 0 Å². The van der Waals surface area contributed by atoms with Crippen LogP contribution in [0.5, 0.6) is 0 Å². The number of amides is 4. The summed E-state index contributed by atoms with van der Waals surface area (Å²) >= 11 is 0. The van der Waals surface area contributed by atoms with Gasteiger partial charge in [-0.2, -0.15) is 0 Å². The van der Waals surface area contributed by atoms with Gasteiger partial charge in [0.05, 0.1) is 17.6 Å². The molecule has 2 aromatic carbocycles. The minimum absolute atomic E-state index is 0.0406. The van der Waals surface area contributed by atoms with Crippen molar-refractivity contribution >= 4 is 40.3 Å². The van der Waals surface area contributed by atoms with Crippen molar-refractivity contribution in [3.63, 3.8) is 0 Å². The van der Waals surface area contributed by atoms with Crippen LogP contribution < -0.4 is 16.2 Å². The summed E-state index contributed by atoms with van der Waals surface area (Å²) in [5.74, 6) is -0.395. The van der Waals surface area contributed by atoms with E-state index in [1.165, 1.54) is 9.47 Å². The summed E-state index contributed by atoms with van der Waals surface area (Å²) in [4.78, 5) is 70.9. The molecule has 4 aromatic rings. The summed E-state index contributed by atoms with van der Waals surface area (Å²) in [7, 11) is 1.67. The maximum atomic E-state index is 13.2. The van der Waals surface area contributed by atoms with Crippen LogP contribution in [0.1, 0.15) is 78.2 Å². The Kier molecular flexibility index (Phi) is 11.0. The van der Waals surface area contributed by atoms with Crippen LogP contribution >= 0.6 is 0 Å². The number of carbonyl (C=O) groups excluding carboxylic acids is 4. The number of ether oxygens (including phenoxy) is 1. The maximum Gasteiger partial charge on any atom is 0.522 e. The average molecular weight is 776 g/mol. The Hall–Kier alpha value is -5.51. The van der Waals surface area contributed by atoms with Gasteiger partial charge in [0.15, 0.2) is 0 Å². The third kappa shape index (κ3) is 8.20. The van der Waals surface area contributed by atoms with E-state index in [9.17, 15) is 37.1 Å². The molecule has 3 aliphatic rings. The van der Waals surface area contributed by atoms with E-state index in [4.69, 9.17) is 4.98 Å². The first kappa shape index (κ1) is 38.8. The van der Waals surface area contributed by atoms with Gasteiger partial charge in [-0.3, -0.25) is 34.0 Å². The highest BCUT2D eigenvalue weighted by Crippen LogP contribution is 2.34. The second-order valence-electron chi connectivity index (χ2n) is 14.7. The molecule has 2 N–H and O–H groups in total. The molecule has 0 bridgehead atoms. The number of halogens is 3. The van der Waals surface area contributed by atoms with Gasteiger partial charge in [0.1, 0.15) is 11.9 Å². The zero-order valence-corrected chi connectivity index (χ0v) is 31.3. The van der Waals surface area contributed by atoms with E-state index in [2.05, 4.69) is 15.4 Å². The number of pyridine rings is 1. The van der Waals surface area contributed by atoms with Crippen LogP contribution in [0.4, 0.5) is 18.9 Å². The first-order valence-corrected chi connectivity index (χ1v) is 18.9. The summed E-state index contributed by atoms with van der Waals surface area (Å²) in [6.45, 7) is 2.95. The number of alkyl halides is 3. The lowest BCUT2D eigenvalue weighted by Crippen LogP contribution is -2.52. The first-order valence-electron chi connectivity index (χ1n) is 18.9. The quantitative estimate of drug-likeness (QED) is 0.151. The predicted molar refractivity (Wildman–Crippen MR) is 201 cm³/mol. The Labute approximate surface area is 320 Å². The van der Waals surface area contributed by atoms with Gasteiger partial charge < -0.3 is 24.3 Å². The van der Waals surface area contributed by atoms with Crippen LogP contribution in [0, 0.1) is 6.92 Å². The Balaban J connectivity index is 0.939. The fourth-order valence-electron chi connectivity index (χ4n) is 8.08. The number of carbonyl (C=O) groups is 4. The molecule has 16 heteroatoms. The molecule has 0 aliphatic carbocycles. The standard InChI is InChI=1S/C40H44F3N7O6/c1-24-20-27(22-47(2)38(24)54)26-9-10-31-33(21-26)49(18-19-56-40(41,42)43)36(45-31)25-13-16-48(17-14-25)35(52)8-3-4-15-44-30-7-5-6-28-29(30)23-50(39(28)55)32-11-12-34(51)46-37(32)53/h5-7,9-10,20-22,25,32,44H,3-4,8,11-19,23H2,1-2H3,(H,46,51,53). The Morgan fingerprint density at radius 2 is 1.80 bits per heavy atom. The fourth-order valence-corrected chi connectivity index (χ4v) is 8.08. The summed E-state index contributed by atoms with van der Waals surface area (Å²) < 4.78 is 46.4. The monoisotopic (exact) mass is 775 g/mol. The zero-order valence-electron chi connectivity index (χ0n) is 31.3. The number of nitrogens with one attached hydrogen (secondary N) is 2. The lowest BCUT2D eigenvalue weighted by atomic mass is 9.95. The summed E-state index contributed by atoms with van der Waals surface area (Å²) in [5, 5.41) is 5.71. The zero-order chi connectivity index (χ0) is 39.7. The molecule has 5 heterocycles. The number of likely N-dealkylation sites (tertiary alicyclic amines) is 1. The number of aromatic nitrogens is 3. The average Bonchev–Trinajstić information content (AvgIpc) is 3.70. The molecule has 0 radical (unpaired) electrons. The minimum atomic E-state index is -4.76. The summed E-state index contributed by atoms with van der Waals surface area (Å²) in [6, 6.07) is 12.1. The van der Waals surface area contributed by atoms with Crippen molar-refractivity contribution in [2.75, 3.05) is 31.6 Å². The van der Waals surface area contributed by atoms with Gasteiger partial charge in [0, 0.05) is 87.1 Å². The molecule has 296 valence electrons. The SMILES string of the molecule is Cc1cc(-c2ccc3nc(C4CCN(C(=O)CCCCNc5cccc6c5CN(C5CCC(=O)NC5=O)C6=O)CC4)n(CCOC(F)(F)F)c3c2)cn(C)c1=O. The number of hydrogen-bond acceptors (Lipinski definition) is 8.